The molecule has 2 rings (SSSR count). The summed E-state index contributed by atoms with van der Waals surface area (Å²) < 4.78 is 4.75. The first-order chi connectivity index (χ1) is 12.0. The maximum absolute atomic E-state index is 12.5. The summed E-state index contributed by atoms with van der Waals surface area (Å²) in [6.07, 6.45) is 0. The molecule has 0 heterocycles. The minimum Gasteiger partial charge on any atom is -0.465 e. The first-order valence-corrected chi connectivity index (χ1v) is 8.33. The Labute approximate surface area is 148 Å². The van der Waals surface area contributed by atoms with E-state index in [0.717, 1.165) is 12.2 Å². The monoisotopic (exact) mass is 340 g/mol. The first-order valence-electron chi connectivity index (χ1n) is 8.33. The summed E-state index contributed by atoms with van der Waals surface area (Å²) in [5.41, 5.74) is 2.36. The molecule has 0 unspecified atom stereocenters. The number of methoxy groups -OCH3 is 1. The van der Waals surface area contributed by atoms with Gasteiger partial charge in [-0.05, 0) is 57.2 Å². The molecule has 25 heavy (non-hydrogen) atoms. The molecule has 0 aromatic heterocycles. The molecule has 5 nitrogen and oxygen atoms in total. The third-order valence-electron chi connectivity index (χ3n) is 4.01. The van der Waals surface area contributed by atoms with E-state index in [2.05, 4.69) is 31.0 Å². The standard InChI is InChI=1S/C20H24N2O3/c1-5-22(14(2)3)16-12-10-15(11-13-16)19(23)21-18-9-7-6-8-17(18)20(24)25-4/h6-14H,5H2,1-4H3,(H,21,23). The lowest BCUT2D eigenvalue weighted by atomic mass is 10.1. The molecule has 2 aromatic carbocycles. The number of nitrogens with zero attached hydrogens (tertiary/aromatic N) is 1. The molecule has 0 saturated heterocycles. The summed E-state index contributed by atoms with van der Waals surface area (Å²) in [7, 11) is 1.31. The van der Waals surface area contributed by atoms with Gasteiger partial charge in [0.05, 0.1) is 18.4 Å². The number of esters is 1. The number of nitrogens with one attached hydrogen (secondary N) is 1. The van der Waals surface area contributed by atoms with Gasteiger partial charge in [0.2, 0.25) is 0 Å². The predicted molar refractivity (Wildman–Crippen MR) is 100 cm³/mol. The van der Waals surface area contributed by atoms with Crippen LogP contribution in [0, 0.1) is 0 Å². The Morgan fingerprint density at radius 2 is 1.72 bits per heavy atom. The van der Waals surface area contributed by atoms with E-state index in [1.807, 2.05) is 12.1 Å². The Morgan fingerprint density at radius 1 is 1.08 bits per heavy atom. The summed E-state index contributed by atoms with van der Waals surface area (Å²) in [6, 6.07) is 14.6. The highest BCUT2D eigenvalue weighted by atomic mass is 16.5. The summed E-state index contributed by atoms with van der Waals surface area (Å²) in [5.74, 6) is -0.753. The van der Waals surface area contributed by atoms with Crippen molar-refractivity contribution in [3.8, 4) is 0 Å². The molecule has 2 aromatic rings. The van der Waals surface area contributed by atoms with E-state index in [4.69, 9.17) is 4.74 Å². The van der Waals surface area contributed by atoms with Gasteiger partial charge in [-0.2, -0.15) is 0 Å². The molecular weight excluding hydrogens is 316 g/mol. The molecule has 0 aliphatic rings. The number of anilines is 2. The van der Waals surface area contributed by atoms with Crippen LogP contribution >= 0.6 is 0 Å². The SMILES string of the molecule is CCN(c1ccc(C(=O)Nc2ccccc2C(=O)OC)cc1)C(C)C. The lowest BCUT2D eigenvalue weighted by Gasteiger charge is -2.27. The Morgan fingerprint density at radius 3 is 2.28 bits per heavy atom. The van der Waals surface area contributed by atoms with E-state index in [9.17, 15) is 9.59 Å². The molecule has 1 N–H and O–H groups in total. The topological polar surface area (TPSA) is 58.6 Å². The minimum absolute atomic E-state index is 0.268. The van der Waals surface area contributed by atoms with Crippen molar-refractivity contribution in [2.45, 2.75) is 26.8 Å². The molecule has 0 atom stereocenters. The van der Waals surface area contributed by atoms with E-state index in [0.29, 0.717) is 22.9 Å². The molecule has 5 heteroatoms. The van der Waals surface area contributed by atoms with Gasteiger partial charge in [0.25, 0.3) is 5.91 Å². The zero-order chi connectivity index (χ0) is 18.4. The average molecular weight is 340 g/mol. The van der Waals surface area contributed by atoms with E-state index in [1.165, 1.54) is 7.11 Å². The van der Waals surface area contributed by atoms with Gasteiger partial charge < -0.3 is 15.0 Å². The number of amides is 1. The largest absolute Gasteiger partial charge is 0.465 e. The van der Waals surface area contributed by atoms with Gasteiger partial charge in [-0.1, -0.05) is 12.1 Å². The molecule has 1 amide bonds. The highest BCUT2D eigenvalue weighted by Crippen LogP contribution is 2.20. The van der Waals surface area contributed by atoms with Gasteiger partial charge >= 0.3 is 5.97 Å². The van der Waals surface area contributed by atoms with Crippen LogP contribution in [-0.4, -0.2) is 31.6 Å². The lowest BCUT2D eigenvalue weighted by Crippen LogP contribution is -2.30. The number of benzene rings is 2. The number of rotatable bonds is 6. The van der Waals surface area contributed by atoms with Gasteiger partial charge in [-0.3, -0.25) is 4.79 Å². The van der Waals surface area contributed by atoms with Crippen LogP contribution in [0.2, 0.25) is 0 Å². The van der Waals surface area contributed by atoms with Crippen molar-refractivity contribution in [3.05, 3.63) is 59.7 Å². The first kappa shape index (κ1) is 18.5. The number of carbonyl (C=O) groups is 2. The van der Waals surface area contributed by atoms with Gasteiger partial charge in [0.15, 0.2) is 0 Å². The molecule has 0 fully saturated rings. The highest BCUT2D eigenvalue weighted by Gasteiger charge is 2.15. The Balaban J connectivity index is 2.18. The van der Waals surface area contributed by atoms with Crippen LogP contribution in [0.1, 0.15) is 41.5 Å². The van der Waals surface area contributed by atoms with Crippen LogP contribution in [0.4, 0.5) is 11.4 Å². The van der Waals surface area contributed by atoms with Crippen molar-refractivity contribution in [1.29, 1.82) is 0 Å². The van der Waals surface area contributed by atoms with E-state index in [1.54, 1.807) is 36.4 Å². The average Bonchev–Trinajstić information content (AvgIpc) is 2.62. The van der Waals surface area contributed by atoms with Crippen LogP contribution in [0.25, 0.3) is 0 Å². The number of ether oxygens (including phenoxy) is 1. The molecule has 0 radical (unpaired) electrons. The van der Waals surface area contributed by atoms with Crippen LogP contribution in [-0.2, 0) is 4.74 Å². The Bertz CT molecular complexity index is 739. The van der Waals surface area contributed by atoms with Gasteiger partial charge in [-0.25, -0.2) is 4.79 Å². The second-order valence-electron chi connectivity index (χ2n) is 5.92. The fourth-order valence-corrected chi connectivity index (χ4v) is 2.72. The van der Waals surface area contributed by atoms with Crippen molar-refractivity contribution < 1.29 is 14.3 Å². The molecule has 0 spiro atoms. The van der Waals surface area contributed by atoms with Gasteiger partial charge in [-0.15, -0.1) is 0 Å². The number of hydrogen-bond acceptors (Lipinski definition) is 4. The van der Waals surface area contributed by atoms with Gasteiger partial charge in [0, 0.05) is 23.8 Å². The maximum Gasteiger partial charge on any atom is 0.339 e. The van der Waals surface area contributed by atoms with E-state index < -0.39 is 5.97 Å². The predicted octanol–water partition coefficient (Wildman–Crippen LogP) is 3.96. The number of carbonyl (C=O) groups excluding carboxylic acids is 2. The summed E-state index contributed by atoms with van der Waals surface area (Å²) in [5, 5.41) is 2.77. The van der Waals surface area contributed by atoms with Crippen molar-refractivity contribution in [3.63, 3.8) is 0 Å². The molecular formula is C20H24N2O3. The van der Waals surface area contributed by atoms with Crippen LogP contribution in [0.15, 0.2) is 48.5 Å². The zero-order valence-electron chi connectivity index (χ0n) is 15.1. The Kier molecular flexibility index (Phi) is 6.17. The second-order valence-corrected chi connectivity index (χ2v) is 5.92. The van der Waals surface area contributed by atoms with Crippen LogP contribution in [0.5, 0.6) is 0 Å². The number of para-hydroxylation sites is 1. The third-order valence-corrected chi connectivity index (χ3v) is 4.01. The smallest absolute Gasteiger partial charge is 0.339 e. The fraction of sp³-hybridized carbons (Fsp3) is 0.300. The minimum atomic E-state index is -0.484. The zero-order valence-corrected chi connectivity index (χ0v) is 15.1. The quantitative estimate of drug-likeness (QED) is 0.809. The number of hydrogen-bond donors (Lipinski definition) is 1. The van der Waals surface area contributed by atoms with Gasteiger partial charge in [0.1, 0.15) is 0 Å². The highest BCUT2D eigenvalue weighted by molar-refractivity contribution is 6.08. The van der Waals surface area contributed by atoms with Crippen molar-refractivity contribution in [1.82, 2.24) is 0 Å². The normalized spacial score (nSPS) is 10.4. The van der Waals surface area contributed by atoms with Crippen molar-refractivity contribution in [2.24, 2.45) is 0 Å². The Hall–Kier alpha value is -2.82. The molecule has 0 bridgehead atoms. The molecule has 0 aliphatic carbocycles. The van der Waals surface area contributed by atoms with E-state index in [-0.39, 0.29) is 5.91 Å². The third kappa shape index (κ3) is 4.38. The maximum atomic E-state index is 12.5. The summed E-state index contributed by atoms with van der Waals surface area (Å²) in [4.78, 5) is 26.5. The van der Waals surface area contributed by atoms with Crippen molar-refractivity contribution in [2.75, 3.05) is 23.9 Å². The molecule has 132 valence electrons. The summed E-state index contributed by atoms with van der Waals surface area (Å²) in [6.45, 7) is 7.27. The van der Waals surface area contributed by atoms with Crippen molar-refractivity contribution >= 4 is 23.3 Å². The van der Waals surface area contributed by atoms with Crippen LogP contribution < -0.4 is 10.2 Å². The van der Waals surface area contributed by atoms with E-state index >= 15 is 0 Å². The van der Waals surface area contributed by atoms with Crippen LogP contribution in [0.3, 0.4) is 0 Å². The summed E-state index contributed by atoms with van der Waals surface area (Å²) >= 11 is 0. The molecule has 0 saturated carbocycles. The fourth-order valence-electron chi connectivity index (χ4n) is 2.72. The second kappa shape index (κ2) is 8.33. The lowest BCUT2D eigenvalue weighted by molar-refractivity contribution is 0.0602. The molecule has 0 aliphatic heterocycles.